The molecule has 0 aromatic carbocycles. The quantitative estimate of drug-likeness (QED) is 0.0261. The molecule has 0 N–H and O–H groups in total. The Morgan fingerprint density at radius 3 is 0.795 bits per heavy atom. The molecule has 1 atom stereocenters. The fourth-order valence-electron chi connectivity index (χ4n) is 9.41. The topological polar surface area (TPSA) is 78.9 Å². The van der Waals surface area contributed by atoms with Crippen LogP contribution in [0.2, 0.25) is 0 Å². The molecule has 73 heavy (non-hydrogen) atoms. The number of unbranched alkanes of at least 4 members (excludes halogenated alkanes) is 40. The lowest BCUT2D eigenvalue weighted by atomic mass is 10.0. The van der Waals surface area contributed by atoms with Gasteiger partial charge in [-0.1, -0.05) is 268 Å². The van der Waals surface area contributed by atoms with Gasteiger partial charge in [0, 0.05) is 19.3 Å². The average molecular weight is 1020 g/mol. The van der Waals surface area contributed by atoms with Gasteiger partial charge in [0.25, 0.3) is 0 Å². The molecule has 0 aliphatic rings. The van der Waals surface area contributed by atoms with Crippen molar-refractivity contribution in [2.75, 3.05) is 13.2 Å². The van der Waals surface area contributed by atoms with Gasteiger partial charge in [-0.25, -0.2) is 0 Å². The summed E-state index contributed by atoms with van der Waals surface area (Å²) in [6.07, 6.45) is 76.8. The van der Waals surface area contributed by atoms with Crippen molar-refractivity contribution in [3.05, 3.63) is 48.6 Å². The predicted octanol–water partition coefficient (Wildman–Crippen LogP) is 21.8. The Bertz CT molecular complexity index is 1270. The first-order valence-corrected chi connectivity index (χ1v) is 32.1. The SMILES string of the molecule is CCCCC/C=C\C/C=C\CCCCCCCC(=O)OC[C@H](COC(=O)CCCCCCCCCCCCC/C=C\CCCCCCCC)OC(=O)CCCCCCCCCCC/C=C\CCCCCCCC. The summed E-state index contributed by atoms with van der Waals surface area (Å²) in [7, 11) is 0. The van der Waals surface area contributed by atoms with Crippen molar-refractivity contribution < 1.29 is 28.6 Å². The Hall–Kier alpha value is -2.63. The van der Waals surface area contributed by atoms with E-state index < -0.39 is 6.10 Å². The molecule has 426 valence electrons. The fraction of sp³-hybridized carbons (Fsp3) is 0.836. The first-order chi connectivity index (χ1) is 36.0. The molecule has 0 amide bonds. The van der Waals surface area contributed by atoms with Crippen LogP contribution in [-0.2, 0) is 28.6 Å². The van der Waals surface area contributed by atoms with E-state index in [9.17, 15) is 14.4 Å². The van der Waals surface area contributed by atoms with Crippen LogP contribution in [0.15, 0.2) is 48.6 Å². The summed E-state index contributed by atoms with van der Waals surface area (Å²) in [5.41, 5.74) is 0. The van der Waals surface area contributed by atoms with E-state index in [2.05, 4.69) is 69.4 Å². The summed E-state index contributed by atoms with van der Waals surface area (Å²) < 4.78 is 16.9. The van der Waals surface area contributed by atoms with E-state index in [1.807, 2.05) is 0 Å². The summed E-state index contributed by atoms with van der Waals surface area (Å²) >= 11 is 0. The van der Waals surface area contributed by atoms with E-state index in [-0.39, 0.29) is 31.1 Å². The molecular weight excluding hydrogens is 901 g/mol. The number of hydrogen-bond donors (Lipinski definition) is 0. The second-order valence-corrected chi connectivity index (χ2v) is 21.7. The van der Waals surface area contributed by atoms with Crippen molar-refractivity contribution in [2.24, 2.45) is 0 Å². The third-order valence-electron chi connectivity index (χ3n) is 14.3. The van der Waals surface area contributed by atoms with Gasteiger partial charge in [-0.3, -0.25) is 14.4 Å². The van der Waals surface area contributed by atoms with E-state index in [1.54, 1.807) is 0 Å². The lowest BCUT2D eigenvalue weighted by molar-refractivity contribution is -0.167. The largest absolute Gasteiger partial charge is 0.462 e. The molecule has 0 unspecified atom stereocenters. The van der Waals surface area contributed by atoms with Crippen molar-refractivity contribution in [1.82, 2.24) is 0 Å². The van der Waals surface area contributed by atoms with Crippen LogP contribution in [0.1, 0.15) is 342 Å². The molecule has 6 nitrogen and oxygen atoms in total. The second kappa shape index (κ2) is 61.9. The molecule has 0 saturated carbocycles. The van der Waals surface area contributed by atoms with Crippen LogP contribution in [0.25, 0.3) is 0 Å². The highest BCUT2D eigenvalue weighted by atomic mass is 16.6. The zero-order valence-corrected chi connectivity index (χ0v) is 48.9. The minimum Gasteiger partial charge on any atom is -0.462 e. The highest BCUT2D eigenvalue weighted by molar-refractivity contribution is 5.71. The number of rotatable bonds is 59. The van der Waals surface area contributed by atoms with Crippen molar-refractivity contribution >= 4 is 17.9 Å². The number of ether oxygens (including phenoxy) is 3. The van der Waals surface area contributed by atoms with E-state index in [0.29, 0.717) is 19.3 Å². The number of hydrogen-bond acceptors (Lipinski definition) is 6. The van der Waals surface area contributed by atoms with Crippen molar-refractivity contribution in [1.29, 1.82) is 0 Å². The summed E-state index contributed by atoms with van der Waals surface area (Å²) in [4.78, 5) is 38.3. The van der Waals surface area contributed by atoms with Crippen LogP contribution < -0.4 is 0 Å². The molecule has 0 aliphatic carbocycles. The molecular formula is C67H122O6. The zero-order chi connectivity index (χ0) is 52.9. The maximum absolute atomic E-state index is 12.9. The number of allylic oxidation sites excluding steroid dienone is 8. The Labute approximate surface area is 454 Å². The van der Waals surface area contributed by atoms with Gasteiger partial charge >= 0.3 is 17.9 Å². The number of carbonyl (C=O) groups excluding carboxylic acids is 3. The Kier molecular flexibility index (Phi) is 59.7. The van der Waals surface area contributed by atoms with Crippen molar-refractivity contribution in [3.8, 4) is 0 Å². The molecule has 0 aromatic rings. The third kappa shape index (κ3) is 60.1. The van der Waals surface area contributed by atoms with Crippen molar-refractivity contribution in [2.45, 2.75) is 348 Å². The van der Waals surface area contributed by atoms with E-state index >= 15 is 0 Å². The predicted molar refractivity (Wildman–Crippen MR) is 316 cm³/mol. The molecule has 6 heteroatoms. The molecule has 0 heterocycles. The third-order valence-corrected chi connectivity index (χ3v) is 14.3. The summed E-state index contributed by atoms with van der Waals surface area (Å²) in [5.74, 6) is -0.874. The zero-order valence-electron chi connectivity index (χ0n) is 48.9. The highest BCUT2D eigenvalue weighted by Gasteiger charge is 2.19. The molecule has 0 radical (unpaired) electrons. The molecule has 0 fully saturated rings. The lowest BCUT2D eigenvalue weighted by Gasteiger charge is -2.18. The van der Waals surface area contributed by atoms with Gasteiger partial charge in [0.1, 0.15) is 13.2 Å². The molecule has 0 aliphatic heterocycles. The van der Waals surface area contributed by atoms with Crippen LogP contribution >= 0.6 is 0 Å². The maximum atomic E-state index is 12.9. The van der Waals surface area contributed by atoms with Crippen LogP contribution in [0.4, 0.5) is 0 Å². The number of carbonyl (C=O) groups is 3. The summed E-state index contributed by atoms with van der Waals surface area (Å²) in [5, 5.41) is 0. The van der Waals surface area contributed by atoms with Crippen LogP contribution in [0, 0.1) is 0 Å². The number of esters is 3. The maximum Gasteiger partial charge on any atom is 0.306 e. The van der Waals surface area contributed by atoms with Crippen LogP contribution in [-0.4, -0.2) is 37.2 Å². The van der Waals surface area contributed by atoms with Crippen LogP contribution in [0.3, 0.4) is 0 Å². The first-order valence-electron chi connectivity index (χ1n) is 32.1. The minimum absolute atomic E-state index is 0.0764. The standard InChI is InChI=1S/C67H122O6/c1-4-7-10-13-16-19-22-25-28-30-32-33-35-36-39-42-45-48-51-54-57-60-66(69)72-63-64(62-71-65(68)59-56-53-50-47-44-41-38-27-24-21-18-15-12-9-6-3)73-67(70)61-58-55-52-49-46-43-40-37-34-31-29-26-23-20-17-14-11-8-5-2/h18,21,25-29,38,64H,4-17,19-20,22-24,30-37,39-63H2,1-3H3/b21-18-,28-25-,29-26-,38-27-/t64-/m1/s1. The van der Waals surface area contributed by atoms with Gasteiger partial charge in [-0.05, 0) is 103 Å². The molecule has 0 spiro atoms. The monoisotopic (exact) mass is 1020 g/mol. The van der Waals surface area contributed by atoms with Gasteiger partial charge in [-0.2, -0.15) is 0 Å². The average Bonchev–Trinajstić information content (AvgIpc) is 3.39. The van der Waals surface area contributed by atoms with Gasteiger partial charge in [0.2, 0.25) is 0 Å². The Morgan fingerprint density at radius 2 is 0.493 bits per heavy atom. The van der Waals surface area contributed by atoms with Crippen molar-refractivity contribution in [3.63, 3.8) is 0 Å². The lowest BCUT2D eigenvalue weighted by Crippen LogP contribution is -2.30. The Balaban J connectivity index is 4.34. The van der Waals surface area contributed by atoms with Crippen LogP contribution in [0.5, 0.6) is 0 Å². The second-order valence-electron chi connectivity index (χ2n) is 21.7. The Morgan fingerprint density at radius 1 is 0.274 bits per heavy atom. The van der Waals surface area contributed by atoms with Gasteiger partial charge in [0.05, 0.1) is 0 Å². The smallest absolute Gasteiger partial charge is 0.306 e. The van der Waals surface area contributed by atoms with Gasteiger partial charge in [-0.15, -0.1) is 0 Å². The minimum atomic E-state index is -0.780. The van der Waals surface area contributed by atoms with E-state index in [4.69, 9.17) is 14.2 Å². The summed E-state index contributed by atoms with van der Waals surface area (Å²) in [6.45, 7) is 6.64. The van der Waals surface area contributed by atoms with E-state index in [1.165, 1.54) is 225 Å². The molecule has 0 aromatic heterocycles. The molecule has 0 rings (SSSR count). The molecule has 0 bridgehead atoms. The highest BCUT2D eigenvalue weighted by Crippen LogP contribution is 2.17. The fourth-order valence-corrected chi connectivity index (χ4v) is 9.41. The molecule has 0 saturated heterocycles. The van der Waals surface area contributed by atoms with Gasteiger partial charge in [0.15, 0.2) is 6.10 Å². The van der Waals surface area contributed by atoms with E-state index in [0.717, 1.165) is 77.0 Å². The normalized spacial score (nSPS) is 12.3. The summed E-state index contributed by atoms with van der Waals surface area (Å²) in [6, 6.07) is 0. The van der Waals surface area contributed by atoms with Gasteiger partial charge < -0.3 is 14.2 Å². The first kappa shape index (κ1) is 70.4.